The van der Waals surface area contributed by atoms with Gasteiger partial charge in [-0.3, -0.25) is 0 Å². The average molecular weight is 252 g/mol. The van der Waals surface area contributed by atoms with E-state index in [0.717, 1.165) is 15.8 Å². The Morgan fingerprint density at radius 2 is 2.10 bits per heavy atom. The second-order valence-electron chi connectivity index (χ2n) is 3.60. The van der Waals surface area contributed by atoms with E-state index in [1.165, 1.54) is 25.7 Å². The van der Waals surface area contributed by atoms with Gasteiger partial charge in [-0.2, -0.15) is 0 Å². The highest BCUT2D eigenvalue weighted by molar-refractivity contribution is 14.1. The van der Waals surface area contributed by atoms with Crippen molar-refractivity contribution in [3.63, 3.8) is 0 Å². The van der Waals surface area contributed by atoms with E-state index in [1.54, 1.807) is 0 Å². The lowest BCUT2D eigenvalue weighted by Crippen LogP contribution is -2.22. The molecular weight excluding hydrogens is 235 g/mol. The van der Waals surface area contributed by atoms with Crippen LogP contribution in [-0.2, 0) is 0 Å². The van der Waals surface area contributed by atoms with Gasteiger partial charge in [0.1, 0.15) is 0 Å². The molecule has 0 heterocycles. The summed E-state index contributed by atoms with van der Waals surface area (Å²) >= 11 is 2.63. The summed E-state index contributed by atoms with van der Waals surface area (Å²) in [5, 5.41) is 0. The molecule has 0 nitrogen and oxygen atoms in total. The first-order chi connectivity index (χ1) is 4.74. The number of halogens is 1. The maximum Gasteiger partial charge on any atom is 0.0140 e. The van der Waals surface area contributed by atoms with E-state index < -0.39 is 0 Å². The van der Waals surface area contributed by atoms with Crippen LogP contribution in [0.4, 0.5) is 0 Å². The standard InChI is InChI=1S/C9H17I/c1-3-8-5-4-7(2)6-9(8)10/h7-9H,3-6H2,1-2H3/t7-,8?,9?/m1/s1. The summed E-state index contributed by atoms with van der Waals surface area (Å²) in [6, 6.07) is 0. The minimum Gasteiger partial charge on any atom is -0.0823 e. The van der Waals surface area contributed by atoms with Crippen molar-refractivity contribution in [1.82, 2.24) is 0 Å². The Morgan fingerprint density at radius 1 is 1.40 bits per heavy atom. The second kappa shape index (κ2) is 3.93. The lowest BCUT2D eigenvalue weighted by atomic mass is 9.82. The van der Waals surface area contributed by atoms with Crippen LogP contribution < -0.4 is 0 Å². The molecule has 0 bridgehead atoms. The van der Waals surface area contributed by atoms with E-state index in [-0.39, 0.29) is 0 Å². The lowest BCUT2D eigenvalue weighted by molar-refractivity contribution is 0.303. The van der Waals surface area contributed by atoms with Gasteiger partial charge >= 0.3 is 0 Å². The van der Waals surface area contributed by atoms with Gasteiger partial charge in [0.05, 0.1) is 0 Å². The van der Waals surface area contributed by atoms with Gasteiger partial charge in [-0.15, -0.1) is 0 Å². The Labute approximate surface area is 77.9 Å². The summed E-state index contributed by atoms with van der Waals surface area (Å²) in [5.74, 6) is 2.02. The van der Waals surface area contributed by atoms with Crippen LogP contribution in [0.15, 0.2) is 0 Å². The predicted octanol–water partition coefficient (Wildman–Crippen LogP) is 3.64. The molecule has 0 radical (unpaired) electrons. The topological polar surface area (TPSA) is 0 Å². The van der Waals surface area contributed by atoms with Gasteiger partial charge in [0.25, 0.3) is 0 Å². The number of hydrogen-bond acceptors (Lipinski definition) is 0. The molecule has 1 saturated carbocycles. The number of rotatable bonds is 1. The highest BCUT2D eigenvalue weighted by Gasteiger charge is 2.24. The molecular formula is C9H17I. The SMILES string of the molecule is CCC1CC[C@@H](C)CC1I. The minimum atomic E-state index is 0.964. The predicted molar refractivity (Wildman–Crippen MR) is 54.6 cm³/mol. The molecule has 0 spiro atoms. The van der Waals surface area contributed by atoms with E-state index in [4.69, 9.17) is 0 Å². The molecule has 1 aliphatic rings. The second-order valence-corrected chi connectivity index (χ2v) is 5.20. The van der Waals surface area contributed by atoms with Gasteiger partial charge in [0.15, 0.2) is 0 Å². The molecule has 0 aromatic heterocycles. The summed E-state index contributed by atoms with van der Waals surface area (Å²) in [4.78, 5) is 0. The maximum atomic E-state index is 2.63. The van der Waals surface area contributed by atoms with Crippen LogP contribution in [-0.4, -0.2) is 3.92 Å². The van der Waals surface area contributed by atoms with Crippen molar-refractivity contribution in [2.45, 2.75) is 43.5 Å². The highest BCUT2D eigenvalue weighted by atomic mass is 127. The zero-order chi connectivity index (χ0) is 7.56. The van der Waals surface area contributed by atoms with E-state index in [1.807, 2.05) is 0 Å². The first-order valence-electron chi connectivity index (χ1n) is 4.38. The molecule has 1 aliphatic carbocycles. The molecule has 2 unspecified atom stereocenters. The minimum absolute atomic E-state index is 0.964. The van der Waals surface area contributed by atoms with Crippen LogP contribution >= 0.6 is 22.6 Å². The van der Waals surface area contributed by atoms with Crippen LogP contribution in [0.2, 0.25) is 0 Å². The molecule has 0 N–H and O–H groups in total. The fraction of sp³-hybridized carbons (Fsp3) is 1.00. The fourth-order valence-electron chi connectivity index (χ4n) is 1.83. The molecule has 0 saturated heterocycles. The Hall–Kier alpha value is 0.730. The molecule has 3 atom stereocenters. The summed E-state index contributed by atoms with van der Waals surface area (Å²) in [6.45, 7) is 4.71. The molecule has 0 aliphatic heterocycles. The quantitative estimate of drug-likeness (QED) is 0.493. The van der Waals surface area contributed by atoms with Gasteiger partial charge in [-0.1, -0.05) is 49.3 Å². The number of alkyl halides is 1. The molecule has 0 aromatic carbocycles. The Balaban J connectivity index is 2.36. The third-order valence-electron chi connectivity index (χ3n) is 2.69. The third-order valence-corrected chi connectivity index (χ3v) is 4.22. The molecule has 0 amide bonds. The zero-order valence-electron chi connectivity index (χ0n) is 6.94. The van der Waals surface area contributed by atoms with Crippen molar-refractivity contribution in [3.05, 3.63) is 0 Å². The van der Waals surface area contributed by atoms with Crippen LogP contribution in [0.25, 0.3) is 0 Å². The molecule has 1 fully saturated rings. The summed E-state index contributed by atoms with van der Waals surface area (Å²) in [7, 11) is 0. The first-order valence-corrected chi connectivity index (χ1v) is 5.62. The summed E-state index contributed by atoms with van der Waals surface area (Å²) in [5.41, 5.74) is 0. The van der Waals surface area contributed by atoms with Crippen molar-refractivity contribution >= 4 is 22.6 Å². The fourth-order valence-corrected chi connectivity index (χ4v) is 3.57. The summed E-state index contributed by atoms with van der Waals surface area (Å²) in [6.07, 6.45) is 5.79. The molecule has 60 valence electrons. The van der Waals surface area contributed by atoms with Crippen LogP contribution in [0.1, 0.15) is 39.5 Å². The van der Waals surface area contributed by atoms with E-state index >= 15 is 0 Å². The first kappa shape index (κ1) is 8.82. The van der Waals surface area contributed by atoms with Crippen molar-refractivity contribution < 1.29 is 0 Å². The average Bonchev–Trinajstić information content (AvgIpc) is 1.88. The van der Waals surface area contributed by atoms with E-state index in [2.05, 4.69) is 36.4 Å². The van der Waals surface area contributed by atoms with Gasteiger partial charge in [0.2, 0.25) is 0 Å². The van der Waals surface area contributed by atoms with Gasteiger partial charge in [-0.25, -0.2) is 0 Å². The van der Waals surface area contributed by atoms with Crippen LogP contribution in [0, 0.1) is 11.8 Å². The molecule has 1 rings (SSSR count). The van der Waals surface area contributed by atoms with Crippen LogP contribution in [0.5, 0.6) is 0 Å². The van der Waals surface area contributed by atoms with Gasteiger partial charge < -0.3 is 0 Å². The van der Waals surface area contributed by atoms with Crippen molar-refractivity contribution in [3.8, 4) is 0 Å². The van der Waals surface area contributed by atoms with E-state index in [9.17, 15) is 0 Å². The molecule has 0 aromatic rings. The highest BCUT2D eigenvalue weighted by Crippen LogP contribution is 2.35. The van der Waals surface area contributed by atoms with Crippen molar-refractivity contribution in [1.29, 1.82) is 0 Å². The zero-order valence-corrected chi connectivity index (χ0v) is 9.10. The molecule has 1 heteroatoms. The maximum absolute atomic E-state index is 2.63. The Kier molecular flexibility index (Phi) is 3.47. The van der Waals surface area contributed by atoms with Gasteiger partial charge in [-0.05, 0) is 24.7 Å². The van der Waals surface area contributed by atoms with E-state index in [0.29, 0.717) is 0 Å². The monoisotopic (exact) mass is 252 g/mol. The Bertz CT molecular complexity index is 101. The lowest BCUT2D eigenvalue weighted by Gasteiger charge is -2.30. The van der Waals surface area contributed by atoms with Gasteiger partial charge in [0, 0.05) is 3.92 Å². The van der Waals surface area contributed by atoms with Crippen molar-refractivity contribution in [2.24, 2.45) is 11.8 Å². The number of hydrogen-bond donors (Lipinski definition) is 0. The van der Waals surface area contributed by atoms with Crippen LogP contribution in [0.3, 0.4) is 0 Å². The normalized spacial score (nSPS) is 41.7. The summed E-state index contributed by atoms with van der Waals surface area (Å²) < 4.78 is 0.964. The largest absolute Gasteiger partial charge is 0.0823 e. The third kappa shape index (κ3) is 2.11. The smallest absolute Gasteiger partial charge is 0.0140 e. The molecule has 10 heavy (non-hydrogen) atoms. The van der Waals surface area contributed by atoms with Crippen molar-refractivity contribution in [2.75, 3.05) is 0 Å². The Morgan fingerprint density at radius 3 is 2.60 bits per heavy atom.